The lowest BCUT2D eigenvalue weighted by atomic mass is 10.1. The van der Waals surface area contributed by atoms with E-state index in [9.17, 15) is 4.79 Å². The monoisotopic (exact) mass is 341 g/mol. The van der Waals surface area contributed by atoms with Gasteiger partial charge in [0.05, 0.1) is 11.1 Å². The zero-order valence-corrected chi connectivity index (χ0v) is 13.9. The van der Waals surface area contributed by atoms with Crippen LogP contribution in [0.4, 0.5) is 0 Å². The van der Waals surface area contributed by atoms with Crippen molar-refractivity contribution in [2.24, 2.45) is 0 Å². The molecule has 2 N–H and O–H groups in total. The number of rotatable bonds is 4. The summed E-state index contributed by atoms with van der Waals surface area (Å²) >= 11 is 0. The van der Waals surface area contributed by atoms with Gasteiger partial charge in [-0.1, -0.05) is 18.2 Å². The van der Waals surface area contributed by atoms with Gasteiger partial charge in [-0.15, -0.1) is 24.8 Å². The van der Waals surface area contributed by atoms with E-state index < -0.39 is 0 Å². The quantitative estimate of drug-likeness (QED) is 0.898. The van der Waals surface area contributed by atoms with Gasteiger partial charge in [-0.2, -0.15) is 0 Å². The van der Waals surface area contributed by atoms with Crippen molar-refractivity contribution >= 4 is 41.6 Å². The molecule has 1 aliphatic rings. The highest BCUT2D eigenvalue weighted by molar-refractivity contribution is 6.05. The van der Waals surface area contributed by atoms with E-state index in [-0.39, 0.29) is 30.7 Å². The molecular formula is C16H21Cl2N3O. The van der Waals surface area contributed by atoms with Gasteiger partial charge in [0.2, 0.25) is 0 Å². The SMILES string of the molecule is Cl.Cl.O=C(NCC[C@H]1CCCN1)c1cccc2cccnc12. The fourth-order valence-electron chi connectivity index (χ4n) is 2.75. The first kappa shape index (κ1) is 18.7. The highest BCUT2D eigenvalue weighted by atomic mass is 35.5. The Morgan fingerprint density at radius 1 is 1.27 bits per heavy atom. The molecule has 1 amide bonds. The molecule has 2 aromatic rings. The third kappa shape index (κ3) is 4.32. The maximum atomic E-state index is 12.3. The first-order valence-corrected chi connectivity index (χ1v) is 7.20. The second-order valence-corrected chi connectivity index (χ2v) is 5.22. The van der Waals surface area contributed by atoms with Crippen LogP contribution in [0.5, 0.6) is 0 Å². The third-order valence-corrected chi connectivity index (χ3v) is 3.82. The molecule has 22 heavy (non-hydrogen) atoms. The first-order valence-electron chi connectivity index (χ1n) is 7.20. The second kappa shape index (κ2) is 8.93. The summed E-state index contributed by atoms with van der Waals surface area (Å²) in [5, 5.41) is 7.43. The average molecular weight is 342 g/mol. The Labute approximate surface area is 142 Å². The topological polar surface area (TPSA) is 54.0 Å². The number of benzene rings is 1. The lowest BCUT2D eigenvalue weighted by molar-refractivity contribution is 0.0954. The summed E-state index contributed by atoms with van der Waals surface area (Å²) in [6, 6.07) is 10.1. The van der Waals surface area contributed by atoms with Crippen LogP contribution in [0.1, 0.15) is 29.6 Å². The fourth-order valence-corrected chi connectivity index (χ4v) is 2.75. The fraction of sp³-hybridized carbons (Fsp3) is 0.375. The van der Waals surface area contributed by atoms with E-state index in [2.05, 4.69) is 15.6 Å². The van der Waals surface area contributed by atoms with Crippen molar-refractivity contribution in [1.29, 1.82) is 0 Å². The number of halogens is 2. The van der Waals surface area contributed by atoms with Crippen LogP contribution < -0.4 is 10.6 Å². The number of nitrogens with zero attached hydrogens (tertiary/aromatic N) is 1. The molecule has 1 aromatic carbocycles. The standard InChI is InChI=1S/C16H19N3O.2ClH/c20-16(19-11-8-13-6-3-9-17-13)14-7-1-4-12-5-2-10-18-15(12)14;;/h1-2,4-5,7,10,13,17H,3,6,8-9,11H2,(H,19,20);2*1H/t13-;;/m1../s1. The molecule has 0 spiro atoms. The van der Waals surface area contributed by atoms with Crippen molar-refractivity contribution in [2.75, 3.05) is 13.1 Å². The third-order valence-electron chi connectivity index (χ3n) is 3.82. The van der Waals surface area contributed by atoms with Gasteiger partial charge in [0.25, 0.3) is 5.91 Å². The van der Waals surface area contributed by atoms with E-state index in [1.807, 2.05) is 30.3 Å². The van der Waals surface area contributed by atoms with Crippen LogP contribution in [-0.2, 0) is 0 Å². The summed E-state index contributed by atoms with van der Waals surface area (Å²) in [5.41, 5.74) is 1.42. The van der Waals surface area contributed by atoms with Crippen molar-refractivity contribution in [3.05, 3.63) is 42.1 Å². The van der Waals surface area contributed by atoms with Crippen LogP contribution in [0.25, 0.3) is 10.9 Å². The number of fused-ring (bicyclic) bond motifs is 1. The van der Waals surface area contributed by atoms with Crippen LogP contribution in [0, 0.1) is 0 Å². The van der Waals surface area contributed by atoms with Gasteiger partial charge < -0.3 is 10.6 Å². The van der Waals surface area contributed by atoms with Crippen molar-refractivity contribution < 1.29 is 4.79 Å². The van der Waals surface area contributed by atoms with Crippen molar-refractivity contribution in [3.8, 4) is 0 Å². The molecule has 1 saturated heterocycles. The van der Waals surface area contributed by atoms with Crippen molar-refractivity contribution in [3.63, 3.8) is 0 Å². The summed E-state index contributed by atoms with van der Waals surface area (Å²) in [7, 11) is 0. The number of pyridine rings is 1. The summed E-state index contributed by atoms with van der Waals surface area (Å²) in [6.45, 7) is 1.81. The minimum Gasteiger partial charge on any atom is -0.352 e. The Bertz CT molecular complexity index is 610. The molecule has 0 radical (unpaired) electrons. The van der Waals surface area contributed by atoms with Gasteiger partial charge in [0, 0.05) is 24.2 Å². The molecule has 120 valence electrons. The number of carbonyl (C=O) groups is 1. The van der Waals surface area contributed by atoms with E-state index >= 15 is 0 Å². The van der Waals surface area contributed by atoms with Gasteiger partial charge >= 0.3 is 0 Å². The number of nitrogens with one attached hydrogen (secondary N) is 2. The Morgan fingerprint density at radius 3 is 2.86 bits per heavy atom. The second-order valence-electron chi connectivity index (χ2n) is 5.22. The van der Waals surface area contributed by atoms with Gasteiger partial charge in [-0.25, -0.2) is 0 Å². The number of para-hydroxylation sites is 1. The number of carbonyl (C=O) groups excluding carboxylic acids is 1. The summed E-state index contributed by atoms with van der Waals surface area (Å²) in [4.78, 5) is 16.6. The molecule has 1 atom stereocenters. The molecule has 2 heterocycles. The van der Waals surface area contributed by atoms with E-state index in [0.29, 0.717) is 18.2 Å². The van der Waals surface area contributed by atoms with Crippen molar-refractivity contribution in [1.82, 2.24) is 15.6 Å². The largest absolute Gasteiger partial charge is 0.352 e. The van der Waals surface area contributed by atoms with Gasteiger partial charge in [0.15, 0.2) is 0 Å². The molecule has 0 bridgehead atoms. The highest BCUT2D eigenvalue weighted by Crippen LogP contribution is 2.15. The lowest BCUT2D eigenvalue weighted by Crippen LogP contribution is -2.30. The smallest absolute Gasteiger partial charge is 0.253 e. The summed E-state index contributed by atoms with van der Waals surface area (Å²) in [5.74, 6) is -0.0349. The van der Waals surface area contributed by atoms with E-state index in [4.69, 9.17) is 0 Å². The molecule has 1 aromatic heterocycles. The average Bonchev–Trinajstić information content (AvgIpc) is 3.00. The predicted octanol–water partition coefficient (Wildman–Crippen LogP) is 2.95. The first-order chi connectivity index (χ1) is 9.84. The number of aromatic nitrogens is 1. The van der Waals surface area contributed by atoms with Crippen LogP contribution >= 0.6 is 24.8 Å². The number of amides is 1. The van der Waals surface area contributed by atoms with Gasteiger partial charge in [-0.05, 0) is 37.9 Å². The van der Waals surface area contributed by atoms with Gasteiger partial charge in [-0.3, -0.25) is 9.78 Å². The minimum absolute atomic E-state index is 0. The van der Waals surface area contributed by atoms with Crippen LogP contribution in [0.2, 0.25) is 0 Å². The lowest BCUT2D eigenvalue weighted by Gasteiger charge is -2.11. The van der Waals surface area contributed by atoms with Crippen LogP contribution in [0.3, 0.4) is 0 Å². The van der Waals surface area contributed by atoms with Crippen molar-refractivity contribution in [2.45, 2.75) is 25.3 Å². The molecule has 6 heteroatoms. The molecule has 4 nitrogen and oxygen atoms in total. The molecule has 1 aliphatic heterocycles. The zero-order chi connectivity index (χ0) is 13.8. The summed E-state index contributed by atoms with van der Waals surface area (Å²) < 4.78 is 0. The van der Waals surface area contributed by atoms with E-state index in [1.165, 1.54) is 12.8 Å². The van der Waals surface area contributed by atoms with Gasteiger partial charge in [0.1, 0.15) is 0 Å². The van der Waals surface area contributed by atoms with E-state index in [0.717, 1.165) is 23.9 Å². The summed E-state index contributed by atoms with van der Waals surface area (Å²) in [6.07, 6.45) is 5.17. The molecular weight excluding hydrogens is 321 g/mol. The predicted molar refractivity (Wildman–Crippen MR) is 94.2 cm³/mol. The Kier molecular flexibility index (Phi) is 7.59. The molecule has 0 aliphatic carbocycles. The maximum Gasteiger partial charge on any atom is 0.253 e. The number of hydrogen-bond acceptors (Lipinski definition) is 3. The number of hydrogen-bond donors (Lipinski definition) is 2. The maximum absolute atomic E-state index is 12.3. The molecule has 3 rings (SSSR count). The molecule has 0 saturated carbocycles. The highest BCUT2D eigenvalue weighted by Gasteiger charge is 2.15. The van der Waals surface area contributed by atoms with E-state index in [1.54, 1.807) is 6.20 Å². The molecule has 0 unspecified atom stereocenters. The van der Waals surface area contributed by atoms with Crippen LogP contribution in [0.15, 0.2) is 36.5 Å². The van der Waals surface area contributed by atoms with Crippen LogP contribution in [-0.4, -0.2) is 30.0 Å². The molecule has 1 fully saturated rings. The Balaban J connectivity index is 0.00000121. The Morgan fingerprint density at radius 2 is 2.09 bits per heavy atom. The Hall–Kier alpha value is -1.36. The normalized spacial score (nSPS) is 16.6. The minimum atomic E-state index is -0.0349. The zero-order valence-electron chi connectivity index (χ0n) is 12.2.